The van der Waals surface area contributed by atoms with E-state index in [4.69, 9.17) is 43.6 Å². The molecular formula is C60H88N12O13S. The fourth-order valence-corrected chi connectivity index (χ4v) is 9.24. The number of nitrogens with zero attached hydrogens (tertiary/aromatic N) is 10. The Morgan fingerprint density at radius 1 is 0.640 bits per heavy atom. The van der Waals surface area contributed by atoms with Crippen LogP contribution in [-0.2, 0) is 94.9 Å². The van der Waals surface area contributed by atoms with Crippen molar-refractivity contribution < 1.29 is 60.7 Å². The minimum atomic E-state index is -2.87. The highest BCUT2D eigenvalue weighted by atomic mass is 32.2. The van der Waals surface area contributed by atoms with Gasteiger partial charge in [-0.25, -0.2) is 22.5 Å². The standard InChI is InChI=1S/C21H30N4O4.C20H34N4O6S.C19H24N4O3/c1-17(2)21(26)4-3-10-27-12-14-29-15-13-28-11-9-25-16-20(23-24-25)18-5-7-19(22)8-6-18;1-18(2)20(25)4-3-8-28-10-12-30-13-11-29-9-5-24-17-19(21-22-24)16-23-6-14-31(26,27)15-7-23;1-14(2)19(24)20-11-15-6-8-17(9-7-15)23-12-16(21-22-23)13-26-18-5-3-4-10-25-18/h5-8,16H,1,3-4,9-15,22H2,2H3;17H,1,3-16H2,2H3;6-9,12,18H,1,3-5,10-11,13H2,2H3,(H,20,24). The number of carbonyl (C=O) groups is 3. The second kappa shape index (κ2) is 39.9. The van der Waals surface area contributed by atoms with Gasteiger partial charge in [0.15, 0.2) is 27.7 Å². The average molecular weight is 1220 g/mol. The molecule has 2 saturated heterocycles. The van der Waals surface area contributed by atoms with Gasteiger partial charge < -0.3 is 48.9 Å². The Morgan fingerprint density at radius 2 is 1.17 bits per heavy atom. The van der Waals surface area contributed by atoms with Crippen LogP contribution in [0, 0.1) is 0 Å². The minimum Gasteiger partial charge on any atom is -0.399 e. The van der Waals surface area contributed by atoms with Crippen LogP contribution in [0.4, 0.5) is 5.69 Å². The van der Waals surface area contributed by atoms with Crippen LogP contribution in [0.5, 0.6) is 0 Å². The number of sulfone groups is 1. The Labute approximate surface area is 505 Å². The van der Waals surface area contributed by atoms with Crippen LogP contribution in [0.2, 0.25) is 0 Å². The van der Waals surface area contributed by atoms with Gasteiger partial charge in [-0.3, -0.25) is 19.3 Å². The number of ether oxygens (including phenoxy) is 8. The van der Waals surface area contributed by atoms with Crippen LogP contribution >= 0.6 is 0 Å². The first-order valence-corrected chi connectivity index (χ1v) is 30.9. The third-order valence-corrected chi connectivity index (χ3v) is 14.7. The molecule has 3 aromatic heterocycles. The van der Waals surface area contributed by atoms with Crippen molar-refractivity contribution in [1.82, 2.24) is 55.2 Å². The molecule has 26 heteroatoms. The lowest BCUT2D eigenvalue weighted by molar-refractivity contribution is -0.169. The van der Waals surface area contributed by atoms with E-state index in [1.165, 1.54) is 0 Å². The molecule has 0 radical (unpaired) electrons. The number of hydrogen-bond acceptors (Lipinski definition) is 21. The molecule has 3 N–H and O–H groups in total. The number of Topliss-reactive ketones (excluding diaryl/α,β-unsaturated/α-hetero) is 2. The van der Waals surface area contributed by atoms with Gasteiger partial charge >= 0.3 is 0 Å². The fourth-order valence-electron chi connectivity index (χ4n) is 7.96. The molecule has 7 rings (SSSR count). The van der Waals surface area contributed by atoms with E-state index in [1.807, 2.05) is 67.1 Å². The number of carbonyl (C=O) groups excluding carboxylic acids is 3. The van der Waals surface area contributed by atoms with E-state index in [-0.39, 0.29) is 35.3 Å². The van der Waals surface area contributed by atoms with E-state index in [9.17, 15) is 22.8 Å². The van der Waals surface area contributed by atoms with E-state index in [0.29, 0.717) is 168 Å². The van der Waals surface area contributed by atoms with E-state index in [0.717, 1.165) is 65.5 Å². The second-order valence-corrected chi connectivity index (χ2v) is 22.9. The van der Waals surface area contributed by atoms with Gasteiger partial charge in [0.2, 0.25) is 5.91 Å². The number of amides is 1. The number of ketones is 2. The summed E-state index contributed by atoms with van der Waals surface area (Å²) >= 11 is 0. The van der Waals surface area contributed by atoms with E-state index in [2.05, 4.69) is 60.9 Å². The number of allylic oxidation sites excluding steroid dienone is 2. The SMILES string of the molecule is C=C(C)C(=O)CCCOCCOCCOCCn1cc(-c2ccc(N)cc2)nn1.C=C(C)C(=O)CCCOCCOCCOCCn1cc(CN2CCS(=O)(=O)CC2)nn1.C=C(C)C(=O)NCc1ccc(-n2cc(COC3CCCCO3)nn2)cc1. The average Bonchev–Trinajstić information content (AvgIpc) is 4.48. The quantitative estimate of drug-likeness (QED) is 0.0280. The van der Waals surface area contributed by atoms with Gasteiger partial charge in [-0.15, -0.1) is 15.3 Å². The first kappa shape index (κ1) is 70.0. The predicted octanol–water partition coefficient (Wildman–Crippen LogP) is 5.49. The van der Waals surface area contributed by atoms with Crippen molar-refractivity contribution in [3.63, 3.8) is 0 Å². The third kappa shape index (κ3) is 29.1. The van der Waals surface area contributed by atoms with Gasteiger partial charge in [-0.05, 0) is 93.9 Å². The Kier molecular flexibility index (Phi) is 32.5. The number of hydrogen-bond donors (Lipinski definition) is 2. The molecule has 2 aliphatic heterocycles. The zero-order valence-electron chi connectivity index (χ0n) is 50.3. The number of rotatable bonds is 38. The normalized spacial score (nSPS) is 14.8. The summed E-state index contributed by atoms with van der Waals surface area (Å²) in [5.41, 5.74) is 13.4. The summed E-state index contributed by atoms with van der Waals surface area (Å²) < 4.78 is 72.2. The van der Waals surface area contributed by atoms with Gasteiger partial charge in [0.05, 0.1) is 121 Å². The van der Waals surface area contributed by atoms with Crippen LogP contribution in [0.1, 0.15) is 82.7 Å². The Balaban J connectivity index is 0.000000236. The van der Waals surface area contributed by atoms with Crippen molar-refractivity contribution in [2.24, 2.45) is 0 Å². The molecule has 5 heterocycles. The predicted molar refractivity (Wildman–Crippen MR) is 323 cm³/mol. The zero-order valence-corrected chi connectivity index (χ0v) is 51.1. The van der Waals surface area contributed by atoms with Crippen LogP contribution in [-0.4, -0.2) is 193 Å². The smallest absolute Gasteiger partial charge is 0.246 e. The molecule has 1 atom stereocenters. The molecule has 0 aliphatic carbocycles. The molecule has 5 aromatic rings. The Bertz CT molecular complexity index is 2910. The summed E-state index contributed by atoms with van der Waals surface area (Å²) in [6.07, 6.45) is 11.0. The molecule has 472 valence electrons. The topological polar surface area (TPSA) is 293 Å². The van der Waals surface area contributed by atoms with E-state index in [1.54, 1.807) is 34.8 Å². The number of aromatic nitrogens is 9. The number of nitrogens with one attached hydrogen (secondary N) is 1. The highest BCUT2D eigenvalue weighted by Gasteiger charge is 2.22. The van der Waals surface area contributed by atoms with Crippen molar-refractivity contribution >= 4 is 33.0 Å². The molecule has 0 spiro atoms. The molecule has 0 bridgehead atoms. The molecule has 2 aliphatic rings. The monoisotopic (exact) mass is 1220 g/mol. The van der Waals surface area contributed by atoms with Crippen LogP contribution in [0.3, 0.4) is 0 Å². The zero-order chi connectivity index (χ0) is 61.8. The summed E-state index contributed by atoms with van der Waals surface area (Å²) in [5, 5.41) is 27.6. The van der Waals surface area contributed by atoms with Crippen molar-refractivity contribution in [3.05, 3.63) is 121 Å². The minimum absolute atomic E-state index is 0.0822. The number of nitrogen functional groups attached to an aromatic ring is 1. The summed E-state index contributed by atoms with van der Waals surface area (Å²) in [6, 6.07) is 15.3. The highest BCUT2D eigenvalue weighted by molar-refractivity contribution is 7.91. The molecule has 25 nitrogen and oxygen atoms in total. The lowest BCUT2D eigenvalue weighted by Gasteiger charge is -2.25. The maximum Gasteiger partial charge on any atom is 0.246 e. The Morgan fingerprint density at radius 3 is 1.72 bits per heavy atom. The first-order chi connectivity index (χ1) is 41.5. The summed E-state index contributed by atoms with van der Waals surface area (Å²) in [4.78, 5) is 36.3. The van der Waals surface area contributed by atoms with Gasteiger partial charge in [-0.2, -0.15) is 0 Å². The van der Waals surface area contributed by atoms with Gasteiger partial charge in [0.25, 0.3) is 0 Å². The van der Waals surface area contributed by atoms with Crippen LogP contribution < -0.4 is 11.1 Å². The summed E-state index contributed by atoms with van der Waals surface area (Å²) in [5.74, 6) is 0.448. The molecule has 1 amide bonds. The van der Waals surface area contributed by atoms with Crippen molar-refractivity contribution in [1.29, 1.82) is 0 Å². The molecule has 1 unspecified atom stereocenters. The van der Waals surface area contributed by atoms with Gasteiger partial charge in [0.1, 0.15) is 11.4 Å². The lowest BCUT2D eigenvalue weighted by atomic mass is 10.1. The van der Waals surface area contributed by atoms with E-state index >= 15 is 0 Å². The van der Waals surface area contributed by atoms with E-state index < -0.39 is 9.84 Å². The van der Waals surface area contributed by atoms with Crippen molar-refractivity contribution in [2.45, 2.75) is 105 Å². The summed E-state index contributed by atoms with van der Waals surface area (Å²) in [6.45, 7) is 26.6. The maximum atomic E-state index is 11.5. The molecular weight excluding hydrogens is 1130 g/mol. The fraction of sp³-hybridized carbons (Fsp3) is 0.550. The number of nitrogens with two attached hydrogens (primary N) is 1. The summed E-state index contributed by atoms with van der Waals surface area (Å²) in [7, 11) is -2.87. The van der Waals surface area contributed by atoms with Gasteiger partial charge in [0, 0.05) is 81.9 Å². The lowest BCUT2D eigenvalue weighted by Crippen LogP contribution is -2.39. The molecule has 2 aromatic carbocycles. The maximum absolute atomic E-state index is 11.5. The van der Waals surface area contributed by atoms with Crippen molar-refractivity contribution in [2.75, 3.05) is 116 Å². The van der Waals surface area contributed by atoms with Crippen molar-refractivity contribution in [3.8, 4) is 16.9 Å². The molecule has 86 heavy (non-hydrogen) atoms. The van der Waals surface area contributed by atoms with Gasteiger partial charge in [-0.1, -0.05) is 59.6 Å². The Hall–Kier alpha value is -6.72. The highest BCUT2D eigenvalue weighted by Crippen LogP contribution is 2.18. The molecule has 2 fully saturated rings. The number of anilines is 1. The molecule has 0 saturated carbocycles. The first-order valence-electron chi connectivity index (χ1n) is 29.1. The largest absolute Gasteiger partial charge is 0.399 e. The van der Waals surface area contributed by atoms with Crippen LogP contribution in [0.15, 0.2) is 104 Å². The second-order valence-electron chi connectivity index (χ2n) is 20.6. The number of benzene rings is 2. The third-order valence-electron chi connectivity index (χ3n) is 13.0. The van der Waals surface area contributed by atoms with Crippen LogP contribution in [0.25, 0.3) is 16.9 Å².